The van der Waals surface area contributed by atoms with Crippen LogP contribution in [0.15, 0.2) is 6.07 Å². The van der Waals surface area contributed by atoms with Gasteiger partial charge in [-0.1, -0.05) is 6.92 Å². The van der Waals surface area contributed by atoms with Crippen molar-refractivity contribution in [3.8, 4) is 0 Å². The highest BCUT2D eigenvalue weighted by Crippen LogP contribution is 2.40. The standard InChI is InChI=1S/C20H31N5O/c1-7-21-12(2)11-22-19(26)15-10-16(14-8-9-14)23-18-17(15)13(3)24-25(18)20(4,5)6/h10,12,14,21H,7-9,11H2,1-6H3,(H,22,26)/t12-/m1/s1. The fourth-order valence-corrected chi connectivity index (χ4v) is 3.30. The van der Waals surface area contributed by atoms with Gasteiger partial charge in [-0.25, -0.2) is 9.67 Å². The Morgan fingerprint density at radius 2 is 2.08 bits per heavy atom. The maximum atomic E-state index is 13.0. The summed E-state index contributed by atoms with van der Waals surface area (Å²) in [6.45, 7) is 13.9. The molecule has 2 N–H and O–H groups in total. The van der Waals surface area contributed by atoms with Crippen LogP contribution >= 0.6 is 0 Å². The maximum Gasteiger partial charge on any atom is 0.252 e. The first-order valence-electron chi connectivity index (χ1n) is 9.64. The van der Waals surface area contributed by atoms with Gasteiger partial charge in [0.05, 0.1) is 22.2 Å². The van der Waals surface area contributed by atoms with Crippen molar-refractivity contribution < 1.29 is 4.79 Å². The predicted octanol–water partition coefficient (Wildman–Crippen LogP) is 3.10. The molecule has 0 radical (unpaired) electrons. The summed E-state index contributed by atoms with van der Waals surface area (Å²) >= 11 is 0. The lowest BCUT2D eigenvalue weighted by Crippen LogP contribution is -2.38. The van der Waals surface area contributed by atoms with Gasteiger partial charge in [0, 0.05) is 24.2 Å². The van der Waals surface area contributed by atoms with Crippen LogP contribution in [0, 0.1) is 6.92 Å². The van der Waals surface area contributed by atoms with Gasteiger partial charge < -0.3 is 10.6 Å². The normalized spacial score (nSPS) is 16.1. The van der Waals surface area contributed by atoms with Crippen molar-refractivity contribution in [2.75, 3.05) is 13.1 Å². The molecule has 1 saturated carbocycles. The summed E-state index contributed by atoms with van der Waals surface area (Å²) in [5.74, 6) is 0.441. The molecule has 0 spiro atoms. The number of aryl methyl sites for hydroxylation is 1. The first-order chi connectivity index (χ1) is 12.2. The minimum atomic E-state index is -0.186. The summed E-state index contributed by atoms with van der Waals surface area (Å²) in [6, 6.07) is 2.22. The van der Waals surface area contributed by atoms with E-state index in [1.54, 1.807) is 0 Å². The van der Waals surface area contributed by atoms with Gasteiger partial charge in [-0.3, -0.25) is 4.79 Å². The molecule has 2 aromatic heterocycles. The van der Waals surface area contributed by atoms with Crippen molar-refractivity contribution in [2.45, 2.75) is 71.9 Å². The molecule has 6 nitrogen and oxygen atoms in total. The molecule has 142 valence electrons. The molecule has 0 aromatic carbocycles. The van der Waals surface area contributed by atoms with E-state index in [2.05, 4.69) is 45.3 Å². The lowest BCUT2D eigenvalue weighted by molar-refractivity contribution is 0.0951. The zero-order chi connectivity index (χ0) is 19.1. The predicted molar refractivity (Wildman–Crippen MR) is 105 cm³/mol. The molecule has 1 amide bonds. The molecule has 0 unspecified atom stereocenters. The number of pyridine rings is 1. The highest BCUT2D eigenvalue weighted by Gasteiger charge is 2.30. The quantitative estimate of drug-likeness (QED) is 0.833. The fraction of sp³-hybridized carbons (Fsp3) is 0.650. The van der Waals surface area contributed by atoms with Crippen molar-refractivity contribution in [2.24, 2.45) is 0 Å². The maximum absolute atomic E-state index is 13.0. The van der Waals surface area contributed by atoms with E-state index in [1.807, 2.05) is 17.7 Å². The van der Waals surface area contributed by atoms with Gasteiger partial charge >= 0.3 is 0 Å². The zero-order valence-electron chi connectivity index (χ0n) is 16.8. The van der Waals surface area contributed by atoms with Crippen LogP contribution in [0.4, 0.5) is 0 Å². The van der Waals surface area contributed by atoms with Crippen LogP contribution in [-0.4, -0.2) is 39.8 Å². The van der Waals surface area contributed by atoms with Gasteiger partial charge in [0.2, 0.25) is 0 Å². The molecule has 1 atom stereocenters. The number of aromatic nitrogens is 3. The molecule has 1 aliphatic carbocycles. The average molecular weight is 358 g/mol. The summed E-state index contributed by atoms with van der Waals surface area (Å²) in [6.07, 6.45) is 2.30. The number of amides is 1. The van der Waals surface area contributed by atoms with E-state index < -0.39 is 0 Å². The highest BCUT2D eigenvalue weighted by atomic mass is 16.1. The molecular weight excluding hydrogens is 326 g/mol. The van der Waals surface area contributed by atoms with E-state index in [1.165, 1.54) is 0 Å². The highest BCUT2D eigenvalue weighted by molar-refractivity contribution is 6.06. The second-order valence-corrected chi connectivity index (χ2v) is 8.40. The van der Waals surface area contributed by atoms with Gasteiger partial charge in [-0.2, -0.15) is 5.10 Å². The Labute approximate surface area is 155 Å². The van der Waals surface area contributed by atoms with E-state index in [0.29, 0.717) is 18.0 Å². The first-order valence-corrected chi connectivity index (χ1v) is 9.64. The molecule has 2 heterocycles. The van der Waals surface area contributed by atoms with E-state index in [-0.39, 0.29) is 17.5 Å². The number of fused-ring (bicyclic) bond motifs is 1. The second kappa shape index (κ2) is 6.99. The van der Waals surface area contributed by atoms with E-state index in [9.17, 15) is 4.79 Å². The lowest BCUT2D eigenvalue weighted by Gasteiger charge is -2.20. The Balaban J connectivity index is 2.03. The Bertz CT molecular complexity index is 814. The summed E-state index contributed by atoms with van der Waals surface area (Å²) in [7, 11) is 0. The van der Waals surface area contributed by atoms with Crippen molar-refractivity contribution in [3.05, 3.63) is 23.0 Å². The summed E-state index contributed by atoms with van der Waals surface area (Å²) < 4.78 is 1.96. The summed E-state index contributed by atoms with van der Waals surface area (Å²) in [5.41, 5.74) is 3.22. The molecule has 3 rings (SSSR count). The Morgan fingerprint density at radius 3 is 2.65 bits per heavy atom. The van der Waals surface area contributed by atoms with E-state index >= 15 is 0 Å². The Hall–Kier alpha value is -1.95. The molecule has 1 fully saturated rings. The number of carbonyl (C=O) groups is 1. The van der Waals surface area contributed by atoms with Crippen LogP contribution in [-0.2, 0) is 5.54 Å². The second-order valence-electron chi connectivity index (χ2n) is 8.40. The smallest absolute Gasteiger partial charge is 0.252 e. The number of likely N-dealkylation sites (N-methyl/N-ethyl adjacent to an activating group) is 1. The van der Waals surface area contributed by atoms with E-state index in [4.69, 9.17) is 10.1 Å². The fourth-order valence-electron chi connectivity index (χ4n) is 3.30. The molecule has 0 bridgehead atoms. The van der Waals surface area contributed by atoms with Crippen LogP contribution in [0.25, 0.3) is 11.0 Å². The van der Waals surface area contributed by atoms with E-state index in [0.717, 1.165) is 41.8 Å². The van der Waals surface area contributed by atoms with Crippen molar-refractivity contribution in [3.63, 3.8) is 0 Å². The topological polar surface area (TPSA) is 71.8 Å². The van der Waals surface area contributed by atoms with Crippen molar-refractivity contribution in [1.29, 1.82) is 0 Å². The van der Waals surface area contributed by atoms with Crippen LogP contribution in [0.3, 0.4) is 0 Å². The molecule has 2 aromatic rings. The third-order valence-corrected chi connectivity index (χ3v) is 4.83. The van der Waals surface area contributed by atoms with Gasteiger partial charge in [-0.15, -0.1) is 0 Å². The largest absolute Gasteiger partial charge is 0.350 e. The minimum Gasteiger partial charge on any atom is -0.350 e. The lowest BCUT2D eigenvalue weighted by atomic mass is 10.1. The van der Waals surface area contributed by atoms with Gasteiger partial charge in [-0.05, 0) is 60.1 Å². The molecule has 26 heavy (non-hydrogen) atoms. The Morgan fingerprint density at radius 1 is 1.38 bits per heavy atom. The molecule has 6 heteroatoms. The SMILES string of the molecule is CCN[C@H](C)CNC(=O)c1cc(C2CC2)nc2c1c(C)nn2C(C)(C)C. The number of carbonyl (C=O) groups excluding carboxylic acids is 1. The number of hydrogen-bond donors (Lipinski definition) is 2. The molecule has 0 saturated heterocycles. The third-order valence-electron chi connectivity index (χ3n) is 4.83. The minimum absolute atomic E-state index is 0.0411. The van der Waals surface area contributed by atoms with Crippen LogP contribution in [0.5, 0.6) is 0 Å². The number of nitrogens with one attached hydrogen (secondary N) is 2. The van der Waals surface area contributed by atoms with Crippen LogP contribution in [0.1, 0.15) is 75.1 Å². The van der Waals surface area contributed by atoms with Crippen molar-refractivity contribution in [1.82, 2.24) is 25.4 Å². The van der Waals surface area contributed by atoms with Crippen molar-refractivity contribution >= 4 is 16.9 Å². The number of hydrogen-bond acceptors (Lipinski definition) is 4. The molecular formula is C20H31N5O. The summed E-state index contributed by atoms with van der Waals surface area (Å²) in [4.78, 5) is 17.9. The Kier molecular flexibility index (Phi) is 5.06. The van der Waals surface area contributed by atoms with Crippen LogP contribution < -0.4 is 10.6 Å². The monoisotopic (exact) mass is 357 g/mol. The van der Waals surface area contributed by atoms with Gasteiger partial charge in [0.25, 0.3) is 5.91 Å². The van der Waals surface area contributed by atoms with Gasteiger partial charge in [0.1, 0.15) is 0 Å². The molecule has 0 aliphatic heterocycles. The zero-order valence-corrected chi connectivity index (χ0v) is 16.8. The summed E-state index contributed by atoms with van der Waals surface area (Å²) in [5, 5.41) is 12.0. The van der Waals surface area contributed by atoms with Gasteiger partial charge in [0.15, 0.2) is 5.65 Å². The average Bonchev–Trinajstić information content (AvgIpc) is 3.35. The van der Waals surface area contributed by atoms with Crippen LogP contribution in [0.2, 0.25) is 0 Å². The number of nitrogens with zero attached hydrogens (tertiary/aromatic N) is 3. The third kappa shape index (κ3) is 3.75. The first kappa shape index (κ1) is 18.8. The molecule has 1 aliphatic rings. The number of rotatable bonds is 6.